The minimum Gasteiger partial charge on any atom is -0.460 e. The minimum atomic E-state index is -0.693. The SMILES string of the molecule is CCOC(=O)N(c1c(C(=O)N(C)OC)oc2cc(Cl)c(Br)cc12)[C@H]1CCO[C@@H](CC)C1.CCOC(=O)N(c1c(C(=O)c2cnn(C)c2)oc2cc(Cl)c(Br)cc12)[C@H]1CCO[C@@H](CC)C1.CCOC(=O)Nc1c(C(=O)OCC)oc2cc(Cl)c(Br)cc12.CCOC(=O)c1oc2c(C)c(Cl)c(Br)cc2c1N(C(=O)OCC)[C@H]1CCO[C@@H](CC)C1.CC[C@H]1C[C@H](O)CCO1.Cn1cc(I)cn1. The molecule has 4 aliphatic heterocycles. The molecule has 4 aromatic carbocycles. The Balaban J connectivity index is 0.000000189. The molecule has 133 heavy (non-hydrogen) atoms. The monoisotopic (exact) mass is 2300 g/mol. The van der Waals surface area contributed by atoms with Gasteiger partial charge in [0, 0.05) is 141 Å². The maximum atomic E-state index is 13.5. The highest BCUT2D eigenvalue weighted by atomic mass is 127. The van der Waals surface area contributed by atoms with Crippen molar-refractivity contribution in [2.45, 2.75) is 202 Å². The molecule has 726 valence electrons. The number of aryl methyl sites for hydroxylation is 3. The van der Waals surface area contributed by atoms with Crippen LogP contribution in [0.5, 0.6) is 0 Å². The van der Waals surface area contributed by atoms with Gasteiger partial charge in [0.15, 0.2) is 5.76 Å². The molecule has 2 N–H and O–H groups in total. The topological polar surface area (TPSA) is 372 Å². The number of rotatable bonds is 23. The molecular weight excluding hydrogens is 2190 g/mol. The average molecular weight is 2300 g/mol. The predicted molar refractivity (Wildman–Crippen MR) is 528 cm³/mol. The number of aliphatic hydroxyl groups is 1. The molecule has 33 nitrogen and oxygen atoms in total. The number of nitrogens with zero attached hydrogens (tertiary/aromatic N) is 8. The highest BCUT2D eigenvalue weighted by molar-refractivity contribution is 14.1. The third kappa shape index (κ3) is 27.8. The Morgan fingerprint density at radius 3 is 1.26 bits per heavy atom. The predicted octanol–water partition coefficient (Wildman–Crippen LogP) is 23.9. The fourth-order valence-corrected chi connectivity index (χ4v) is 17.8. The van der Waals surface area contributed by atoms with E-state index in [0.29, 0.717) is 174 Å². The number of aromatic nitrogens is 4. The average Bonchev–Trinajstić information content (AvgIpc) is 1.61. The zero-order valence-electron chi connectivity index (χ0n) is 76.3. The summed E-state index contributed by atoms with van der Waals surface area (Å²) in [5.74, 6) is -2.38. The third-order valence-corrected chi connectivity index (χ3v) is 27.1. The van der Waals surface area contributed by atoms with Gasteiger partial charge in [-0.1, -0.05) is 74.1 Å². The first kappa shape index (κ1) is 109. The molecule has 5 amide bonds. The first-order valence-electron chi connectivity index (χ1n) is 43.5. The smallest absolute Gasteiger partial charge is 0.414 e. The van der Waals surface area contributed by atoms with E-state index in [1.165, 1.54) is 38.4 Å². The lowest BCUT2D eigenvalue weighted by atomic mass is 9.98. The quantitative estimate of drug-likeness (QED) is 0.0197. The number of benzene rings is 4. The first-order chi connectivity index (χ1) is 63.6. The van der Waals surface area contributed by atoms with Crippen LogP contribution in [0.15, 0.2) is 103 Å². The Morgan fingerprint density at radius 1 is 0.489 bits per heavy atom. The summed E-state index contributed by atoms with van der Waals surface area (Å²) in [7, 11) is 6.48. The van der Waals surface area contributed by atoms with Crippen LogP contribution < -0.4 is 20.0 Å². The number of halogens is 9. The molecule has 4 saturated heterocycles. The van der Waals surface area contributed by atoms with Crippen LogP contribution in [0.4, 0.5) is 41.9 Å². The second kappa shape index (κ2) is 52.1. The van der Waals surface area contributed by atoms with E-state index in [1.807, 2.05) is 40.2 Å². The van der Waals surface area contributed by atoms with Crippen molar-refractivity contribution in [2.24, 2.45) is 14.1 Å². The first-order valence-corrected chi connectivity index (χ1v) is 49.3. The number of fused-ring (bicyclic) bond motifs is 4. The lowest BCUT2D eigenvalue weighted by Gasteiger charge is -2.36. The Hall–Kier alpha value is -7.81. The van der Waals surface area contributed by atoms with Crippen molar-refractivity contribution in [3.05, 3.63) is 143 Å². The number of hydrogen-bond acceptors (Lipinski definition) is 26. The number of aliphatic hydroxyl groups excluding tert-OH is 1. The Morgan fingerprint density at radius 2 is 0.872 bits per heavy atom. The molecule has 14 rings (SSSR count). The molecule has 42 heteroatoms. The summed E-state index contributed by atoms with van der Waals surface area (Å²) >= 11 is 40.8. The van der Waals surface area contributed by atoms with Gasteiger partial charge in [0.1, 0.15) is 45.1 Å². The molecule has 0 radical (unpaired) electrons. The van der Waals surface area contributed by atoms with E-state index in [9.17, 15) is 38.4 Å². The zero-order valence-corrected chi connectivity index (χ0v) is 87.9. The molecule has 0 saturated carbocycles. The van der Waals surface area contributed by atoms with E-state index in [-0.39, 0.29) is 117 Å². The van der Waals surface area contributed by atoms with Crippen LogP contribution in [0.3, 0.4) is 0 Å². The third-order valence-electron chi connectivity index (χ3n) is 21.6. The van der Waals surface area contributed by atoms with Crippen molar-refractivity contribution in [3.63, 3.8) is 0 Å². The number of ether oxygens (including phenoxy) is 10. The lowest BCUT2D eigenvalue weighted by molar-refractivity contribution is -0.0772. The van der Waals surface area contributed by atoms with E-state index in [1.54, 1.807) is 114 Å². The highest BCUT2D eigenvalue weighted by Gasteiger charge is 2.43. The van der Waals surface area contributed by atoms with Gasteiger partial charge in [-0.05, 0) is 236 Å². The van der Waals surface area contributed by atoms with E-state index < -0.39 is 42.2 Å². The van der Waals surface area contributed by atoms with Gasteiger partial charge in [0.2, 0.25) is 23.1 Å². The second-order valence-electron chi connectivity index (χ2n) is 30.5. The fourth-order valence-electron chi connectivity index (χ4n) is 15.1. The number of hydroxylamine groups is 2. The number of amides is 5. The summed E-state index contributed by atoms with van der Waals surface area (Å²) in [6.07, 6.45) is 13.6. The maximum Gasteiger partial charge on any atom is 0.414 e. The summed E-state index contributed by atoms with van der Waals surface area (Å²) in [6.45, 7) is 23.7. The van der Waals surface area contributed by atoms with Crippen LogP contribution >= 0.6 is 133 Å². The van der Waals surface area contributed by atoms with E-state index in [2.05, 4.69) is 109 Å². The molecule has 0 unspecified atom stereocenters. The number of hydrogen-bond donors (Lipinski definition) is 2. The lowest BCUT2D eigenvalue weighted by Crippen LogP contribution is -2.46. The molecule has 8 atom stereocenters. The van der Waals surface area contributed by atoms with Gasteiger partial charge in [-0.15, -0.1) is 0 Å². The largest absolute Gasteiger partial charge is 0.460 e. The van der Waals surface area contributed by atoms with Gasteiger partial charge in [0.05, 0.1) is 119 Å². The van der Waals surface area contributed by atoms with E-state index >= 15 is 0 Å². The van der Waals surface area contributed by atoms with Crippen molar-refractivity contribution in [2.75, 3.05) is 100 Å². The van der Waals surface area contributed by atoms with Crippen LogP contribution in [0.25, 0.3) is 43.9 Å². The van der Waals surface area contributed by atoms with Crippen molar-refractivity contribution in [1.82, 2.24) is 24.6 Å². The molecule has 4 aliphatic rings. The normalized spacial score (nSPS) is 18.1. The number of nitrogens with one attached hydrogen (secondary N) is 1. The standard InChI is InChI=1S/C23H25BrClN3O5.C22H27BrClNO6.C21H26BrClN2O6.C14H13BrClNO5.C7H14O2.C4H5IN2/c1-4-15-8-14(6-7-32-15)28(23(30)31-5-2)20-16-9-17(24)18(25)10-19(16)33-22(20)21(29)13-11-26-27(3)12-13;1-5-14-10-13(8-9-30-14)25(22(27)29-7-3)18-15-11-16(23)17(24)12(4)19(15)31-20(18)21(26)28-6-2;1-5-13-9-12(7-8-30-13)25(21(27)29-6-2)18-14-10-15(22)16(23)11-17(14)31-19(18)20(26)24(3)28-4;1-3-20-13(18)12-11(17-14(19)21-4-2)7-5-8(15)9(16)6-10(7)22-12;1-2-7-5-6(8)3-4-9-7;1-7-3-4(5)2-6-7/h9-12,14-15H,4-8H2,1-3H3;11,13-14H,5-10H2,1-4H3;10-13H,5-9H2,1-4H3;5-6H,3-4H2,1-2H3,(H,17,19);6-8H,2-5H2,1H3;2-3H,1H3/t14-,15-;13-,14-;12-,13-;;6-,7+;/m000.1./s1. The van der Waals surface area contributed by atoms with Crippen LogP contribution in [0, 0.1) is 10.5 Å². The van der Waals surface area contributed by atoms with Crippen molar-refractivity contribution < 1.29 is 113 Å². The van der Waals surface area contributed by atoms with Gasteiger partial charge < -0.3 is 70.1 Å². The van der Waals surface area contributed by atoms with Crippen molar-refractivity contribution in [3.8, 4) is 0 Å². The zero-order chi connectivity index (χ0) is 97.4. The van der Waals surface area contributed by atoms with Gasteiger partial charge >= 0.3 is 42.2 Å². The fraction of sp³-hybridized carbons (Fsp3) is 0.495. The highest BCUT2D eigenvalue weighted by Crippen LogP contribution is 2.48. The molecule has 6 aromatic heterocycles. The van der Waals surface area contributed by atoms with Crippen LogP contribution in [-0.2, 0) is 66.3 Å². The van der Waals surface area contributed by atoms with Crippen molar-refractivity contribution >= 4 is 247 Å². The Bertz CT molecular complexity index is 5670. The Labute approximate surface area is 837 Å². The van der Waals surface area contributed by atoms with Crippen LogP contribution in [0.2, 0.25) is 20.1 Å². The summed E-state index contributed by atoms with van der Waals surface area (Å²) in [4.78, 5) is 112. The number of anilines is 4. The summed E-state index contributed by atoms with van der Waals surface area (Å²) in [6, 6.07) is 11.0. The summed E-state index contributed by atoms with van der Waals surface area (Å²) in [5.41, 5.74) is 3.80. The Kier molecular flexibility index (Phi) is 42.6. The molecule has 0 spiro atoms. The number of carbonyl (C=O) groups excluding carboxylic acids is 8. The number of esters is 2. The maximum absolute atomic E-state index is 13.5. The number of carbonyl (C=O) groups is 8. The number of ketones is 1. The second-order valence-corrected chi connectivity index (χ2v) is 36.7. The van der Waals surface area contributed by atoms with E-state index in [0.717, 1.165) is 50.2 Å². The van der Waals surface area contributed by atoms with Gasteiger partial charge in [-0.2, -0.15) is 10.2 Å². The summed E-state index contributed by atoms with van der Waals surface area (Å²) < 4.78 is 84.4. The molecule has 10 aromatic rings. The van der Waals surface area contributed by atoms with Crippen LogP contribution in [-0.4, -0.2) is 207 Å². The molecular formula is C91H110Br4Cl4IN9O24. The minimum absolute atomic E-state index is 0.0100. The molecule has 0 aliphatic carbocycles. The van der Waals surface area contributed by atoms with Gasteiger partial charge in [-0.3, -0.25) is 43.8 Å². The van der Waals surface area contributed by atoms with Gasteiger partial charge in [-0.25, -0.2) is 33.8 Å². The van der Waals surface area contributed by atoms with Gasteiger partial charge in [0.25, 0.3) is 0 Å². The van der Waals surface area contributed by atoms with Crippen LogP contribution in [0.1, 0.15) is 200 Å². The van der Waals surface area contributed by atoms with Crippen molar-refractivity contribution in [1.29, 1.82) is 0 Å². The molecule has 0 bridgehead atoms. The molecule has 10 heterocycles. The molecule has 4 fully saturated rings. The number of furan rings is 4. The van der Waals surface area contributed by atoms with E-state index in [4.69, 9.17) is 121 Å². The summed E-state index contributed by atoms with van der Waals surface area (Å²) in [5, 5.41) is 24.7.